The first kappa shape index (κ1) is 12.3. The molecule has 1 aromatic heterocycles. The van der Waals surface area contributed by atoms with E-state index in [1.165, 1.54) is 0 Å². The third-order valence-electron chi connectivity index (χ3n) is 3.24. The fraction of sp³-hybridized carbons (Fsp3) is 0.800. The van der Waals surface area contributed by atoms with Gasteiger partial charge in [-0.15, -0.1) is 0 Å². The first-order valence-corrected chi connectivity index (χ1v) is 5.52. The maximum absolute atomic E-state index is 12.5. The van der Waals surface area contributed by atoms with E-state index >= 15 is 0 Å². The average Bonchev–Trinajstić information content (AvgIpc) is 2.84. The highest BCUT2D eigenvalue weighted by Crippen LogP contribution is 2.37. The highest BCUT2D eigenvalue weighted by atomic mass is 19.4. The molecule has 96 valence electrons. The van der Waals surface area contributed by atoms with Crippen molar-refractivity contribution < 1.29 is 17.7 Å². The number of nitrogens with two attached hydrogens (primary N) is 1. The van der Waals surface area contributed by atoms with Crippen LogP contribution in [-0.4, -0.2) is 16.3 Å². The Hall–Kier alpha value is -1.11. The second-order valence-corrected chi connectivity index (χ2v) is 4.58. The van der Waals surface area contributed by atoms with E-state index < -0.39 is 23.5 Å². The van der Waals surface area contributed by atoms with Crippen LogP contribution in [0.5, 0.6) is 0 Å². The predicted molar refractivity (Wildman–Crippen MR) is 53.1 cm³/mol. The van der Waals surface area contributed by atoms with Crippen molar-refractivity contribution in [2.45, 2.75) is 50.2 Å². The molecule has 1 aromatic rings. The molecule has 0 spiro atoms. The van der Waals surface area contributed by atoms with Gasteiger partial charge in [-0.05, 0) is 19.8 Å². The van der Waals surface area contributed by atoms with E-state index in [0.717, 1.165) is 19.8 Å². The number of aromatic nitrogens is 2. The van der Waals surface area contributed by atoms with Crippen LogP contribution in [0.4, 0.5) is 13.2 Å². The van der Waals surface area contributed by atoms with Gasteiger partial charge in [-0.3, -0.25) is 0 Å². The summed E-state index contributed by atoms with van der Waals surface area (Å²) in [6.45, 7) is 0.995. The van der Waals surface area contributed by atoms with E-state index in [0.29, 0.717) is 12.8 Å². The third-order valence-corrected chi connectivity index (χ3v) is 3.24. The highest BCUT2D eigenvalue weighted by molar-refractivity contribution is 5.08. The molecule has 1 atom stereocenters. The number of nitrogens with zero attached hydrogens (tertiary/aromatic N) is 2. The minimum absolute atomic E-state index is 0.195. The molecule has 1 aliphatic rings. The maximum atomic E-state index is 12.5. The van der Waals surface area contributed by atoms with Gasteiger partial charge in [0.25, 0.3) is 0 Å². The Morgan fingerprint density at radius 1 is 1.35 bits per heavy atom. The lowest BCUT2D eigenvalue weighted by Gasteiger charge is -2.18. The molecule has 1 saturated carbocycles. The normalized spacial score (nSPS) is 21.7. The van der Waals surface area contributed by atoms with Crippen molar-refractivity contribution in [2.24, 2.45) is 5.73 Å². The van der Waals surface area contributed by atoms with Crippen molar-refractivity contribution in [1.29, 1.82) is 0 Å². The third kappa shape index (κ3) is 2.29. The van der Waals surface area contributed by atoms with Gasteiger partial charge in [0.05, 0.1) is 5.54 Å². The van der Waals surface area contributed by atoms with Gasteiger partial charge in [-0.2, -0.15) is 18.2 Å². The van der Waals surface area contributed by atoms with Gasteiger partial charge in [0.15, 0.2) is 5.82 Å². The van der Waals surface area contributed by atoms with Crippen molar-refractivity contribution in [3.8, 4) is 0 Å². The zero-order valence-electron chi connectivity index (χ0n) is 9.42. The fourth-order valence-corrected chi connectivity index (χ4v) is 1.98. The van der Waals surface area contributed by atoms with Gasteiger partial charge in [0, 0.05) is 0 Å². The Morgan fingerprint density at radius 3 is 2.47 bits per heavy atom. The van der Waals surface area contributed by atoms with Crippen LogP contribution in [0.1, 0.15) is 50.2 Å². The number of hydrogen-bond donors (Lipinski definition) is 1. The summed E-state index contributed by atoms with van der Waals surface area (Å²) in [5, 5.41) is 3.59. The van der Waals surface area contributed by atoms with Crippen molar-refractivity contribution in [3.63, 3.8) is 0 Å². The predicted octanol–water partition coefficient (Wildman–Crippen LogP) is 2.46. The molecule has 1 unspecified atom stereocenters. The summed E-state index contributed by atoms with van der Waals surface area (Å²) >= 11 is 0. The first-order chi connectivity index (χ1) is 7.83. The van der Waals surface area contributed by atoms with E-state index in [4.69, 9.17) is 5.73 Å². The lowest BCUT2D eigenvalue weighted by Crippen LogP contribution is -2.34. The molecule has 0 amide bonds. The van der Waals surface area contributed by atoms with Crippen LogP contribution in [0.15, 0.2) is 4.52 Å². The van der Waals surface area contributed by atoms with Crippen LogP contribution in [-0.2, 0) is 5.54 Å². The van der Waals surface area contributed by atoms with Crippen LogP contribution in [0.3, 0.4) is 0 Å². The topological polar surface area (TPSA) is 64.9 Å². The highest BCUT2D eigenvalue weighted by Gasteiger charge is 2.43. The summed E-state index contributed by atoms with van der Waals surface area (Å²) in [4.78, 5) is 3.81. The van der Waals surface area contributed by atoms with Crippen LogP contribution in [0.25, 0.3) is 0 Å². The van der Waals surface area contributed by atoms with Gasteiger partial charge >= 0.3 is 6.18 Å². The van der Waals surface area contributed by atoms with Crippen molar-refractivity contribution in [1.82, 2.24) is 10.1 Å². The molecular weight excluding hydrogens is 235 g/mol. The van der Waals surface area contributed by atoms with Crippen LogP contribution >= 0.6 is 0 Å². The van der Waals surface area contributed by atoms with Crippen molar-refractivity contribution in [2.75, 3.05) is 0 Å². The summed E-state index contributed by atoms with van der Waals surface area (Å²) in [5.74, 6) is -1.97. The summed E-state index contributed by atoms with van der Waals surface area (Å²) in [5.41, 5.74) is 5.32. The molecule has 4 nitrogen and oxygen atoms in total. The second-order valence-electron chi connectivity index (χ2n) is 4.58. The molecule has 0 bridgehead atoms. The molecule has 1 fully saturated rings. The van der Waals surface area contributed by atoms with E-state index in [1.54, 1.807) is 0 Å². The Labute approximate surface area is 96.4 Å². The van der Waals surface area contributed by atoms with Gasteiger partial charge in [-0.25, -0.2) is 0 Å². The van der Waals surface area contributed by atoms with E-state index in [-0.39, 0.29) is 5.82 Å². The lowest BCUT2D eigenvalue weighted by atomic mass is 9.98. The van der Waals surface area contributed by atoms with Crippen LogP contribution < -0.4 is 5.73 Å². The maximum Gasteiger partial charge on any atom is 0.400 e. The molecule has 17 heavy (non-hydrogen) atoms. The smallest absolute Gasteiger partial charge is 0.339 e. The van der Waals surface area contributed by atoms with E-state index in [2.05, 4.69) is 14.7 Å². The molecule has 0 aromatic carbocycles. The summed E-state index contributed by atoms with van der Waals surface area (Å²) in [7, 11) is 0. The van der Waals surface area contributed by atoms with E-state index in [1.807, 2.05) is 0 Å². The number of alkyl halides is 3. The zero-order valence-corrected chi connectivity index (χ0v) is 9.42. The van der Waals surface area contributed by atoms with E-state index in [9.17, 15) is 13.2 Å². The number of rotatable bonds is 2. The SMILES string of the molecule is CC(c1nc(C2(N)CCCC2)no1)C(F)(F)F. The minimum Gasteiger partial charge on any atom is -0.339 e. The monoisotopic (exact) mass is 249 g/mol. The molecular formula is C10H14F3N3O. The Balaban J connectivity index is 2.21. The largest absolute Gasteiger partial charge is 0.400 e. The quantitative estimate of drug-likeness (QED) is 0.874. The van der Waals surface area contributed by atoms with Crippen LogP contribution in [0, 0.1) is 0 Å². The molecule has 0 aliphatic heterocycles. The Morgan fingerprint density at radius 2 is 1.94 bits per heavy atom. The average molecular weight is 249 g/mol. The lowest BCUT2D eigenvalue weighted by molar-refractivity contribution is -0.151. The van der Waals surface area contributed by atoms with Gasteiger partial charge in [0.2, 0.25) is 5.89 Å². The van der Waals surface area contributed by atoms with Gasteiger partial charge in [0.1, 0.15) is 5.92 Å². The van der Waals surface area contributed by atoms with Crippen molar-refractivity contribution >= 4 is 0 Å². The fourth-order valence-electron chi connectivity index (χ4n) is 1.98. The van der Waals surface area contributed by atoms with Crippen molar-refractivity contribution in [3.05, 3.63) is 11.7 Å². The first-order valence-electron chi connectivity index (χ1n) is 5.52. The summed E-state index contributed by atoms with van der Waals surface area (Å²) in [6, 6.07) is 0. The molecule has 0 radical (unpaired) electrons. The minimum atomic E-state index is -4.37. The molecule has 1 aliphatic carbocycles. The molecule has 7 heteroatoms. The standard InChI is InChI=1S/C10H14F3N3O/c1-6(10(11,12)13)7-15-8(16-17-7)9(14)4-2-3-5-9/h6H,2-5,14H2,1H3. The molecule has 2 N–H and O–H groups in total. The second kappa shape index (κ2) is 3.97. The van der Waals surface area contributed by atoms with Crippen LogP contribution in [0.2, 0.25) is 0 Å². The summed E-state index contributed by atoms with van der Waals surface area (Å²) < 4.78 is 42.0. The Bertz CT molecular complexity index is 396. The Kier molecular flexibility index (Phi) is 2.89. The number of halogens is 3. The van der Waals surface area contributed by atoms with Gasteiger partial charge < -0.3 is 10.3 Å². The zero-order chi connectivity index (χ0) is 12.7. The molecule has 0 saturated heterocycles. The summed E-state index contributed by atoms with van der Waals surface area (Å²) in [6.07, 6.45) is -1.12. The molecule has 2 rings (SSSR count). The molecule has 1 heterocycles. The van der Waals surface area contributed by atoms with Gasteiger partial charge in [-0.1, -0.05) is 18.0 Å². The number of hydrogen-bond acceptors (Lipinski definition) is 4.